The summed E-state index contributed by atoms with van der Waals surface area (Å²) >= 11 is 0. The van der Waals surface area contributed by atoms with Crippen molar-refractivity contribution in [1.82, 2.24) is 4.57 Å². The maximum absolute atomic E-state index is 10.8. The van der Waals surface area contributed by atoms with Crippen molar-refractivity contribution in [3.63, 3.8) is 0 Å². The van der Waals surface area contributed by atoms with Gasteiger partial charge in [-0.2, -0.15) is 0 Å². The average molecular weight is 308 g/mol. The zero-order chi connectivity index (χ0) is 16.4. The Bertz CT molecular complexity index is 851. The molecule has 0 spiro atoms. The summed E-state index contributed by atoms with van der Waals surface area (Å²) < 4.78 is 2.21. The molecule has 1 atom stereocenters. The van der Waals surface area contributed by atoms with Gasteiger partial charge in [0.2, 0.25) is 0 Å². The minimum Gasteiger partial charge on any atom is -0.481 e. The molecule has 0 fully saturated rings. The number of hydrogen-bond donors (Lipinski definition) is 2. The highest BCUT2D eigenvalue weighted by molar-refractivity contribution is 5.85. The van der Waals surface area contributed by atoms with Crippen LogP contribution in [0.3, 0.4) is 0 Å². The Kier molecular flexibility index (Phi) is 4.17. The third-order valence-electron chi connectivity index (χ3n) is 4.16. The van der Waals surface area contributed by atoms with Gasteiger partial charge in [-0.05, 0) is 47.2 Å². The lowest BCUT2D eigenvalue weighted by Gasteiger charge is -2.12. The van der Waals surface area contributed by atoms with E-state index in [4.69, 9.17) is 10.8 Å². The third-order valence-corrected chi connectivity index (χ3v) is 4.16. The summed E-state index contributed by atoms with van der Waals surface area (Å²) in [7, 11) is 0. The molecule has 1 heterocycles. The number of carboxylic acid groups (broad SMARTS) is 1. The molecule has 0 saturated carbocycles. The number of carbonyl (C=O) groups is 1. The highest BCUT2D eigenvalue weighted by Crippen LogP contribution is 2.27. The molecule has 0 bridgehead atoms. The molecule has 3 aromatic rings. The van der Waals surface area contributed by atoms with Crippen molar-refractivity contribution < 1.29 is 9.90 Å². The summed E-state index contributed by atoms with van der Waals surface area (Å²) in [6.07, 6.45) is 2.02. The lowest BCUT2D eigenvalue weighted by Crippen LogP contribution is -2.14. The predicted molar refractivity (Wildman–Crippen MR) is 92.2 cm³/mol. The molecular weight excluding hydrogens is 288 g/mol. The normalized spacial score (nSPS) is 12.4. The van der Waals surface area contributed by atoms with Crippen molar-refractivity contribution in [3.8, 4) is 11.1 Å². The number of benzene rings is 2. The molecule has 3 N–H and O–H groups in total. The van der Waals surface area contributed by atoms with Gasteiger partial charge in [-0.3, -0.25) is 4.79 Å². The van der Waals surface area contributed by atoms with Gasteiger partial charge in [-0.25, -0.2) is 0 Å². The first kappa shape index (κ1) is 15.3. The molecule has 3 rings (SSSR count). The number of aromatic nitrogens is 1. The molecule has 1 aromatic heterocycles. The third kappa shape index (κ3) is 3.12. The van der Waals surface area contributed by atoms with E-state index in [2.05, 4.69) is 42.0 Å². The number of fused-ring (bicyclic) bond motifs is 1. The number of carboxylic acids is 1. The van der Waals surface area contributed by atoms with Crippen LogP contribution in [0.4, 0.5) is 0 Å². The van der Waals surface area contributed by atoms with Crippen LogP contribution in [-0.4, -0.2) is 15.6 Å². The van der Waals surface area contributed by atoms with Crippen molar-refractivity contribution >= 4 is 16.9 Å². The SMILES string of the molecule is CCn1ccc2ccc(-c3cccc(C(N)CC(=O)O)c3)cc21. The van der Waals surface area contributed by atoms with Crippen molar-refractivity contribution in [2.45, 2.75) is 25.9 Å². The van der Waals surface area contributed by atoms with Crippen molar-refractivity contribution in [3.05, 3.63) is 60.3 Å². The molecule has 0 radical (unpaired) electrons. The first-order valence-electron chi connectivity index (χ1n) is 7.75. The minimum atomic E-state index is -0.884. The highest BCUT2D eigenvalue weighted by Gasteiger charge is 2.11. The van der Waals surface area contributed by atoms with E-state index in [-0.39, 0.29) is 6.42 Å². The quantitative estimate of drug-likeness (QED) is 0.753. The van der Waals surface area contributed by atoms with E-state index in [0.29, 0.717) is 0 Å². The Morgan fingerprint density at radius 1 is 1.17 bits per heavy atom. The van der Waals surface area contributed by atoms with Crippen LogP contribution >= 0.6 is 0 Å². The van der Waals surface area contributed by atoms with Crippen LogP contribution in [0.15, 0.2) is 54.7 Å². The maximum Gasteiger partial charge on any atom is 0.305 e. The maximum atomic E-state index is 10.8. The lowest BCUT2D eigenvalue weighted by molar-refractivity contribution is -0.137. The molecule has 0 aliphatic carbocycles. The average Bonchev–Trinajstić information content (AvgIpc) is 2.96. The summed E-state index contributed by atoms with van der Waals surface area (Å²) in [6, 6.07) is 15.8. The van der Waals surface area contributed by atoms with Gasteiger partial charge in [0.15, 0.2) is 0 Å². The van der Waals surface area contributed by atoms with E-state index in [9.17, 15) is 4.79 Å². The molecule has 2 aromatic carbocycles. The molecule has 0 aliphatic heterocycles. The second-order valence-electron chi connectivity index (χ2n) is 5.71. The molecule has 0 amide bonds. The van der Waals surface area contributed by atoms with E-state index in [1.807, 2.05) is 24.3 Å². The second-order valence-corrected chi connectivity index (χ2v) is 5.71. The topological polar surface area (TPSA) is 68.2 Å². The molecule has 4 heteroatoms. The molecule has 118 valence electrons. The summed E-state index contributed by atoms with van der Waals surface area (Å²) in [4.78, 5) is 10.8. The highest BCUT2D eigenvalue weighted by atomic mass is 16.4. The lowest BCUT2D eigenvalue weighted by atomic mass is 9.98. The van der Waals surface area contributed by atoms with Gasteiger partial charge < -0.3 is 15.4 Å². The number of rotatable bonds is 5. The van der Waals surface area contributed by atoms with Crippen LogP contribution in [0.5, 0.6) is 0 Å². The van der Waals surface area contributed by atoms with Crippen molar-refractivity contribution in [1.29, 1.82) is 0 Å². The fraction of sp³-hybridized carbons (Fsp3) is 0.211. The van der Waals surface area contributed by atoms with Gasteiger partial charge >= 0.3 is 5.97 Å². The monoisotopic (exact) mass is 308 g/mol. The Labute approximate surface area is 135 Å². The molecule has 4 nitrogen and oxygen atoms in total. The van der Waals surface area contributed by atoms with Gasteiger partial charge in [-0.15, -0.1) is 0 Å². The van der Waals surface area contributed by atoms with E-state index in [0.717, 1.165) is 23.2 Å². The number of hydrogen-bond acceptors (Lipinski definition) is 2. The molecule has 0 aliphatic rings. The Morgan fingerprint density at radius 2 is 1.96 bits per heavy atom. The molecule has 1 unspecified atom stereocenters. The molecule has 0 saturated heterocycles. The summed E-state index contributed by atoms with van der Waals surface area (Å²) in [5.41, 5.74) is 10.2. The van der Waals surface area contributed by atoms with Gasteiger partial charge in [0.05, 0.1) is 6.42 Å². The smallest absolute Gasteiger partial charge is 0.305 e. The number of nitrogens with zero attached hydrogens (tertiary/aromatic N) is 1. The van der Waals surface area contributed by atoms with Crippen LogP contribution in [0, 0.1) is 0 Å². The van der Waals surface area contributed by atoms with Gasteiger partial charge in [-0.1, -0.05) is 30.3 Å². The zero-order valence-electron chi connectivity index (χ0n) is 13.1. The fourth-order valence-corrected chi connectivity index (χ4v) is 2.89. The zero-order valence-corrected chi connectivity index (χ0v) is 13.1. The van der Waals surface area contributed by atoms with Crippen LogP contribution in [0.1, 0.15) is 24.9 Å². The second kappa shape index (κ2) is 6.26. The van der Waals surface area contributed by atoms with Gasteiger partial charge in [0.1, 0.15) is 0 Å². The summed E-state index contributed by atoms with van der Waals surface area (Å²) in [5, 5.41) is 10.1. The standard InChI is InChI=1S/C19H20N2O2/c1-2-21-9-8-13-6-7-15(11-18(13)21)14-4-3-5-16(10-14)17(20)12-19(22)23/h3-11,17H,2,12,20H2,1H3,(H,22,23). The first-order valence-corrected chi connectivity index (χ1v) is 7.75. The Balaban J connectivity index is 1.99. The van der Waals surface area contributed by atoms with Crippen molar-refractivity contribution in [2.75, 3.05) is 0 Å². The molecular formula is C19H20N2O2. The molecule has 23 heavy (non-hydrogen) atoms. The van der Waals surface area contributed by atoms with Crippen LogP contribution < -0.4 is 5.73 Å². The van der Waals surface area contributed by atoms with Crippen LogP contribution in [-0.2, 0) is 11.3 Å². The van der Waals surface area contributed by atoms with E-state index < -0.39 is 12.0 Å². The minimum absolute atomic E-state index is 0.0683. The Morgan fingerprint density at radius 3 is 2.70 bits per heavy atom. The fourth-order valence-electron chi connectivity index (χ4n) is 2.89. The Hall–Kier alpha value is -2.59. The summed E-state index contributed by atoms with van der Waals surface area (Å²) in [5.74, 6) is -0.884. The van der Waals surface area contributed by atoms with E-state index in [1.54, 1.807) is 0 Å². The number of nitrogens with two attached hydrogens (primary N) is 1. The van der Waals surface area contributed by atoms with E-state index >= 15 is 0 Å². The predicted octanol–water partition coefficient (Wildman–Crippen LogP) is 3.80. The van der Waals surface area contributed by atoms with Gasteiger partial charge in [0.25, 0.3) is 0 Å². The van der Waals surface area contributed by atoms with Crippen LogP contribution in [0.2, 0.25) is 0 Å². The van der Waals surface area contributed by atoms with Gasteiger partial charge in [0, 0.05) is 24.3 Å². The number of aryl methyl sites for hydroxylation is 1. The van der Waals surface area contributed by atoms with E-state index in [1.165, 1.54) is 10.9 Å². The van der Waals surface area contributed by atoms with Crippen LogP contribution in [0.25, 0.3) is 22.0 Å². The first-order chi connectivity index (χ1) is 11.1. The van der Waals surface area contributed by atoms with Crippen molar-refractivity contribution in [2.24, 2.45) is 5.73 Å². The summed E-state index contributed by atoms with van der Waals surface area (Å²) in [6.45, 7) is 3.05. The largest absolute Gasteiger partial charge is 0.481 e. The number of aliphatic carboxylic acids is 1.